The van der Waals surface area contributed by atoms with E-state index in [9.17, 15) is 9.18 Å². The molecule has 1 aromatic carbocycles. The van der Waals surface area contributed by atoms with Crippen molar-refractivity contribution < 1.29 is 9.18 Å². The molecule has 0 unspecified atom stereocenters. The molecule has 0 aliphatic carbocycles. The number of anilines is 2. The van der Waals surface area contributed by atoms with Crippen LogP contribution in [0.3, 0.4) is 0 Å². The number of carbonyl (C=O) groups is 1. The first-order valence-electron chi connectivity index (χ1n) is 4.46. The molecule has 1 amide bonds. The fourth-order valence-electron chi connectivity index (χ4n) is 0.920. The Labute approximate surface area is 87.4 Å². The predicted octanol–water partition coefficient (Wildman–Crippen LogP) is 1.08. The van der Waals surface area contributed by atoms with Crippen LogP contribution in [0.1, 0.15) is 13.8 Å². The maximum atomic E-state index is 12.9. The third-order valence-electron chi connectivity index (χ3n) is 1.85. The van der Waals surface area contributed by atoms with Crippen LogP contribution < -0.4 is 16.8 Å². The highest BCUT2D eigenvalue weighted by molar-refractivity contribution is 5.99. The largest absolute Gasteiger partial charge is 0.397 e. The number of benzene rings is 1. The molecule has 82 valence electrons. The maximum absolute atomic E-state index is 12.9. The summed E-state index contributed by atoms with van der Waals surface area (Å²) in [6.45, 7) is 3.11. The number of carbonyl (C=O) groups excluding carboxylic acids is 1. The first kappa shape index (κ1) is 11.5. The summed E-state index contributed by atoms with van der Waals surface area (Å²) in [6.07, 6.45) is 0. The molecule has 0 aliphatic rings. The van der Waals surface area contributed by atoms with E-state index in [-0.39, 0.29) is 5.69 Å². The van der Waals surface area contributed by atoms with Gasteiger partial charge in [0, 0.05) is 0 Å². The second kappa shape index (κ2) is 3.86. The van der Waals surface area contributed by atoms with Crippen LogP contribution in [0.25, 0.3) is 0 Å². The van der Waals surface area contributed by atoms with Gasteiger partial charge in [-0.25, -0.2) is 4.39 Å². The molecule has 4 nitrogen and oxygen atoms in total. The quantitative estimate of drug-likeness (QED) is 0.640. The molecule has 1 rings (SSSR count). The lowest BCUT2D eigenvalue weighted by Gasteiger charge is -2.18. The standard InChI is InChI=1S/C10H14FN3O/c1-10(2,13)9(15)14-8-5-6(11)3-4-7(8)12/h3-5H,12-13H2,1-2H3,(H,14,15). The first-order chi connectivity index (χ1) is 6.80. The van der Waals surface area contributed by atoms with E-state index in [4.69, 9.17) is 11.5 Å². The van der Waals surface area contributed by atoms with Gasteiger partial charge in [0.2, 0.25) is 5.91 Å². The average molecular weight is 211 g/mol. The minimum atomic E-state index is -1.03. The summed E-state index contributed by atoms with van der Waals surface area (Å²) < 4.78 is 12.9. The van der Waals surface area contributed by atoms with Crippen LogP contribution in [0.15, 0.2) is 18.2 Å². The van der Waals surface area contributed by atoms with Gasteiger partial charge in [-0.05, 0) is 32.0 Å². The first-order valence-corrected chi connectivity index (χ1v) is 4.46. The Bertz CT molecular complexity index is 385. The number of nitrogens with two attached hydrogens (primary N) is 2. The number of nitrogens with one attached hydrogen (secondary N) is 1. The highest BCUT2D eigenvalue weighted by atomic mass is 19.1. The van der Waals surface area contributed by atoms with Gasteiger partial charge < -0.3 is 16.8 Å². The molecule has 1 aromatic rings. The van der Waals surface area contributed by atoms with Crippen molar-refractivity contribution in [2.45, 2.75) is 19.4 Å². The lowest BCUT2D eigenvalue weighted by molar-refractivity contribution is -0.120. The van der Waals surface area contributed by atoms with Crippen LogP contribution in [0.2, 0.25) is 0 Å². The summed E-state index contributed by atoms with van der Waals surface area (Å²) in [4.78, 5) is 11.5. The summed E-state index contributed by atoms with van der Waals surface area (Å²) in [6, 6.07) is 3.76. The van der Waals surface area contributed by atoms with E-state index < -0.39 is 17.3 Å². The summed E-state index contributed by atoms with van der Waals surface area (Å²) in [5, 5.41) is 2.46. The second-order valence-electron chi connectivity index (χ2n) is 3.91. The minimum Gasteiger partial charge on any atom is -0.397 e. The molecule has 0 saturated carbocycles. The van der Waals surface area contributed by atoms with Gasteiger partial charge in [-0.15, -0.1) is 0 Å². The van der Waals surface area contributed by atoms with E-state index in [1.54, 1.807) is 13.8 Å². The molecule has 0 aromatic heterocycles. The third-order valence-corrected chi connectivity index (χ3v) is 1.85. The molecule has 0 spiro atoms. The molecule has 0 fully saturated rings. The third kappa shape index (κ3) is 2.92. The van der Waals surface area contributed by atoms with E-state index in [0.29, 0.717) is 5.69 Å². The van der Waals surface area contributed by atoms with Crippen LogP contribution >= 0.6 is 0 Å². The van der Waals surface area contributed by atoms with Crippen molar-refractivity contribution in [1.29, 1.82) is 0 Å². The Morgan fingerprint density at radius 1 is 1.47 bits per heavy atom. The van der Waals surface area contributed by atoms with Crippen LogP contribution in [0, 0.1) is 5.82 Å². The Balaban J connectivity index is 2.90. The van der Waals surface area contributed by atoms with Gasteiger partial charge in [-0.1, -0.05) is 0 Å². The second-order valence-corrected chi connectivity index (χ2v) is 3.91. The van der Waals surface area contributed by atoms with Crippen LogP contribution in [-0.2, 0) is 4.79 Å². The van der Waals surface area contributed by atoms with Crippen molar-refractivity contribution in [3.05, 3.63) is 24.0 Å². The average Bonchev–Trinajstić information content (AvgIpc) is 2.09. The summed E-state index contributed by atoms with van der Waals surface area (Å²) >= 11 is 0. The van der Waals surface area contributed by atoms with E-state index in [1.165, 1.54) is 12.1 Å². The fourth-order valence-corrected chi connectivity index (χ4v) is 0.920. The van der Waals surface area contributed by atoms with Gasteiger partial charge in [0.1, 0.15) is 5.82 Å². The van der Waals surface area contributed by atoms with Crippen LogP contribution in [0.5, 0.6) is 0 Å². The van der Waals surface area contributed by atoms with Crippen molar-refractivity contribution in [2.24, 2.45) is 5.73 Å². The van der Waals surface area contributed by atoms with Crippen molar-refractivity contribution in [3.8, 4) is 0 Å². The van der Waals surface area contributed by atoms with Crippen molar-refractivity contribution in [1.82, 2.24) is 0 Å². The Kier molecular flexibility index (Phi) is 2.95. The highest BCUT2D eigenvalue weighted by Crippen LogP contribution is 2.20. The smallest absolute Gasteiger partial charge is 0.243 e. The number of amides is 1. The number of nitrogen functional groups attached to an aromatic ring is 1. The van der Waals surface area contributed by atoms with Gasteiger partial charge >= 0.3 is 0 Å². The Hall–Kier alpha value is -1.62. The van der Waals surface area contributed by atoms with Crippen molar-refractivity contribution in [3.63, 3.8) is 0 Å². The molecule has 15 heavy (non-hydrogen) atoms. The zero-order valence-electron chi connectivity index (χ0n) is 8.67. The van der Waals surface area contributed by atoms with E-state index in [1.807, 2.05) is 0 Å². The molecule has 0 aliphatic heterocycles. The molecule has 0 heterocycles. The van der Waals surface area contributed by atoms with E-state index >= 15 is 0 Å². The lowest BCUT2D eigenvalue weighted by atomic mass is 10.1. The van der Waals surface area contributed by atoms with Gasteiger partial charge in [0.05, 0.1) is 16.9 Å². The topological polar surface area (TPSA) is 81.1 Å². The zero-order chi connectivity index (χ0) is 11.6. The molecular formula is C10H14FN3O. The van der Waals surface area contributed by atoms with Crippen molar-refractivity contribution >= 4 is 17.3 Å². The van der Waals surface area contributed by atoms with E-state index in [2.05, 4.69) is 5.32 Å². The Morgan fingerprint density at radius 3 is 2.60 bits per heavy atom. The maximum Gasteiger partial charge on any atom is 0.243 e. The summed E-state index contributed by atoms with van der Waals surface area (Å²) in [5.74, 6) is -0.880. The molecule has 0 radical (unpaired) electrons. The molecule has 0 saturated heterocycles. The van der Waals surface area contributed by atoms with Gasteiger partial charge in [0.25, 0.3) is 0 Å². The monoisotopic (exact) mass is 211 g/mol. The molecule has 0 atom stereocenters. The number of halogens is 1. The number of rotatable bonds is 2. The minimum absolute atomic E-state index is 0.235. The predicted molar refractivity (Wildman–Crippen MR) is 57.7 cm³/mol. The normalized spacial score (nSPS) is 11.2. The zero-order valence-corrected chi connectivity index (χ0v) is 8.67. The molecule has 5 N–H and O–H groups in total. The molecule has 5 heteroatoms. The molecular weight excluding hydrogens is 197 g/mol. The fraction of sp³-hybridized carbons (Fsp3) is 0.300. The van der Waals surface area contributed by atoms with Crippen molar-refractivity contribution in [2.75, 3.05) is 11.1 Å². The number of hydrogen-bond donors (Lipinski definition) is 3. The van der Waals surface area contributed by atoms with Crippen LogP contribution in [-0.4, -0.2) is 11.4 Å². The number of hydrogen-bond acceptors (Lipinski definition) is 3. The van der Waals surface area contributed by atoms with Gasteiger partial charge in [-0.2, -0.15) is 0 Å². The lowest BCUT2D eigenvalue weighted by Crippen LogP contribution is -2.45. The summed E-state index contributed by atoms with van der Waals surface area (Å²) in [7, 11) is 0. The van der Waals surface area contributed by atoms with E-state index in [0.717, 1.165) is 6.07 Å². The Morgan fingerprint density at radius 2 is 2.07 bits per heavy atom. The highest BCUT2D eigenvalue weighted by Gasteiger charge is 2.22. The van der Waals surface area contributed by atoms with Gasteiger partial charge in [-0.3, -0.25) is 4.79 Å². The van der Waals surface area contributed by atoms with Gasteiger partial charge in [0.15, 0.2) is 0 Å². The van der Waals surface area contributed by atoms with Crippen LogP contribution in [0.4, 0.5) is 15.8 Å². The SMILES string of the molecule is CC(C)(N)C(=O)Nc1cc(F)ccc1N. The molecule has 0 bridgehead atoms. The summed E-state index contributed by atoms with van der Waals surface area (Å²) in [5.41, 5.74) is 10.6.